The van der Waals surface area contributed by atoms with Gasteiger partial charge in [0, 0.05) is 22.6 Å². The van der Waals surface area contributed by atoms with E-state index >= 15 is 0 Å². The number of benzene rings is 2. The van der Waals surface area contributed by atoms with Gasteiger partial charge in [-0.05, 0) is 36.4 Å². The van der Waals surface area contributed by atoms with Crippen LogP contribution in [0.2, 0.25) is 5.02 Å². The molecule has 0 aromatic heterocycles. The van der Waals surface area contributed by atoms with Gasteiger partial charge >= 0.3 is 5.97 Å². The average Bonchev–Trinajstić information content (AvgIpc) is 2.69. The van der Waals surface area contributed by atoms with Gasteiger partial charge in [0.2, 0.25) is 0 Å². The zero-order valence-corrected chi connectivity index (χ0v) is 15.0. The number of carbonyl (C=O) groups excluding carboxylic acids is 4. The summed E-state index contributed by atoms with van der Waals surface area (Å²) in [6.45, 7) is -0.566. The van der Waals surface area contributed by atoms with Crippen LogP contribution in [0.15, 0.2) is 54.6 Å². The van der Waals surface area contributed by atoms with Gasteiger partial charge < -0.3 is 4.74 Å². The summed E-state index contributed by atoms with van der Waals surface area (Å²) in [6.07, 6.45) is -0.210. The molecule has 2 N–H and O–H groups in total. The molecule has 0 heterocycles. The van der Waals surface area contributed by atoms with E-state index in [1.165, 1.54) is 0 Å². The Morgan fingerprint density at radius 1 is 0.815 bits per heavy atom. The molecule has 0 atom stereocenters. The number of hydrazine groups is 1. The van der Waals surface area contributed by atoms with Crippen LogP contribution >= 0.6 is 11.6 Å². The van der Waals surface area contributed by atoms with Crippen LogP contribution in [0, 0.1) is 0 Å². The highest BCUT2D eigenvalue weighted by Gasteiger charge is 2.12. The van der Waals surface area contributed by atoms with Gasteiger partial charge in [-0.15, -0.1) is 0 Å². The molecular weight excluding hydrogens is 372 g/mol. The van der Waals surface area contributed by atoms with E-state index < -0.39 is 24.4 Å². The van der Waals surface area contributed by atoms with Gasteiger partial charge in [0.05, 0.1) is 6.42 Å². The van der Waals surface area contributed by atoms with Crippen molar-refractivity contribution in [1.29, 1.82) is 0 Å². The van der Waals surface area contributed by atoms with E-state index in [2.05, 4.69) is 10.9 Å². The summed E-state index contributed by atoms with van der Waals surface area (Å²) < 4.78 is 4.77. The average molecular weight is 389 g/mol. The van der Waals surface area contributed by atoms with Gasteiger partial charge in [0.1, 0.15) is 0 Å². The van der Waals surface area contributed by atoms with Crippen LogP contribution in [-0.2, 0) is 14.3 Å². The predicted molar refractivity (Wildman–Crippen MR) is 98.0 cm³/mol. The second-order valence-corrected chi connectivity index (χ2v) is 5.90. The van der Waals surface area contributed by atoms with Gasteiger partial charge in [-0.1, -0.05) is 29.8 Å². The number of rotatable bonds is 7. The Hall–Kier alpha value is -3.19. The standard InChI is InChI=1S/C19H17ClN2O5/c20-15-8-6-13(7-9-15)16(23)10-11-18(25)27-12-17(24)21-22-19(26)14-4-2-1-3-5-14/h1-9H,10-12H2,(H,21,24)(H,22,26). The summed E-state index contributed by atoms with van der Waals surface area (Å²) in [5, 5.41) is 0.510. The van der Waals surface area contributed by atoms with Crippen molar-refractivity contribution < 1.29 is 23.9 Å². The van der Waals surface area contributed by atoms with Crippen LogP contribution in [0.25, 0.3) is 0 Å². The molecule has 2 aromatic carbocycles. The third-order valence-electron chi connectivity index (χ3n) is 3.44. The molecule has 27 heavy (non-hydrogen) atoms. The van der Waals surface area contributed by atoms with E-state index in [1.807, 2.05) is 0 Å². The molecule has 0 aliphatic carbocycles. The molecule has 2 aromatic rings. The van der Waals surface area contributed by atoms with Crippen molar-refractivity contribution in [1.82, 2.24) is 10.9 Å². The van der Waals surface area contributed by atoms with Crippen LogP contribution in [-0.4, -0.2) is 30.2 Å². The molecule has 0 saturated heterocycles. The highest BCUT2D eigenvalue weighted by atomic mass is 35.5. The number of hydrogen-bond donors (Lipinski definition) is 2. The fourth-order valence-electron chi connectivity index (χ4n) is 2.04. The molecule has 8 heteroatoms. The first-order valence-electron chi connectivity index (χ1n) is 8.04. The number of nitrogens with one attached hydrogen (secondary N) is 2. The number of halogens is 1. The Labute approximate surface area is 160 Å². The zero-order chi connectivity index (χ0) is 19.6. The summed E-state index contributed by atoms with van der Waals surface area (Å²) in [6, 6.07) is 14.6. The number of ketones is 1. The highest BCUT2D eigenvalue weighted by Crippen LogP contribution is 2.12. The van der Waals surface area contributed by atoms with Crippen LogP contribution < -0.4 is 10.9 Å². The maximum absolute atomic E-state index is 11.9. The molecule has 2 rings (SSSR count). The summed E-state index contributed by atoms with van der Waals surface area (Å²) in [5.74, 6) is -2.12. The van der Waals surface area contributed by atoms with Gasteiger partial charge in [-0.3, -0.25) is 30.0 Å². The van der Waals surface area contributed by atoms with Gasteiger partial charge in [0.15, 0.2) is 12.4 Å². The topological polar surface area (TPSA) is 102 Å². The van der Waals surface area contributed by atoms with Crippen molar-refractivity contribution >= 4 is 35.2 Å². The molecule has 7 nitrogen and oxygen atoms in total. The number of Topliss-reactive ketones (excluding diaryl/α,β-unsaturated/α-hetero) is 1. The largest absolute Gasteiger partial charge is 0.455 e. The van der Waals surface area contributed by atoms with Gasteiger partial charge in [-0.25, -0.2) is 0 Å². The minimum absolute atomic E-state index is 0.0488. The van der Waals surface area contributed by atoms with Crippen molar-refractivity contribution in [2.24, 2.45) is 0 Å². The summed E-state index contributed by atoms with van der Waals surface area (Å²) >= 11 is 5.75. The maximum Gasteiger partial charge on any atom is 0.306 e. The first kappa shape index (κ1) is 20.1. The Morgan fingerprint density at radius 3 is 2.15 bits per heavy atom. The minimum atomic E-state index is -0.698. The smallest absolute Gasteiger partial charge is 0.306 e. The Kier molecular flexibility index (Phi) is 7.51. The lowest BCUT2D eigenvalue weighted by molar-refractivity contribution is -0.148. The van der Waals surface area contributed by atoms with E-state index in [-0.39, 0.29) is 18.6 Å². The van der Waals surface area contributed by atoms with Gasteiger partial charge in [0.25, 0.3) is 11.8 Å². The van der Waals surface area contributed by atoms with Crippen LogP contribution in [0.4, 0.5) is 0 Å². The number of hydrogen-bond acceptors (Lipinski definition) is 5. The molecular formula is C19H17ClN2O5. The van der Waals surface area contributed by atoms with E-state index in [9.17, 15) is 19.2 Å². The molecule has 0 radical (unpaired) electrons. The first-order valence-corrected chi connectivity index (χ1v) is 8.42. The van der Waals surface area contributed by atoms with Crippen LogP contribution in [0.5, 0.6) is 0 Å². The van der Waals surface area contributed by atoms with Crippen molar-refractivity contribution in [3.63, 3.8) is 0 Å². The van der Waals surface area contributed by atoms with E-state index in [1.54, 1.807) is 54.6 Å². The Bertz CT molecular complexity index is 822. The molecule has 0 spiro atoms. The van der Waals surface area contributed by atoms with Crippen molar-refractivity contribution in [3.05, 3.63) is 70.7 Å². The third-order valence-corrected chi connectivity index (χ3v) is 3.69. The van der Waals surface area contributed by atoms with E-state index in [4.69, 9.17) is 16.3 Å². The van der Waals surface area contributed by atoms with Crippen LogP contribution in [0.3, 0.4) is 0 Å². The number of amides is 2. The monoisotopic (exact) mass is 388 g/mol. The molecule has 0 bridgehead atoms. The molecule has 0 aliphatic rings. The molecule has 2 amide bonds. The van der Waals surface area contributed by atoms with Gasteiger partial charge in [-0.2, -0.15) is 0 Å². The summed E-state index contributed by atoms with van der Waals surface area (Å²) in [4.78, 5) is 46.9. The molecule has 0 saturated carbocycles. The summed E-state index contributed by atoms with van der Waals surface area (Å²) in [5.41, 5.74) is 5.15. The fraction of sp³-hybridized carbons (Fsp3) is 0.158. The lowest BCUT2D eigenvalue weighted by Crippen LogP contribution is -2.43. The van der Waals surface area contributed by atoms with Crippen LogP contribution in [0.1, 0.15) is 33.6 Å². The van der Waals surface area contributed by atoms with E-state index in [0.29, 0.717) is 16.1 Å². The quantitative estimate of drug-likeness (QED) is 0.430. The molecule has 0 unspecified atom stereocenters. The second kappa shape index (κ2) is 10.1. The lowest BCUT2D eigenvalue weighted by Gasteiger charge is -2.08. The first-order chi connectivity index (χ1) is 13.0. The van der Waals surface area contributed by atoms with Crippen molar-refractivity contribution in [2.75, 3.05) is 6.61 Å². The highest BCUT2D eigenvalue weighted by molar-refractivity contribution is 6.30. The number of ether oxygens (including phenoxy) is 1. The lowest BCUT2D eigenvalue weighted by atomic mass is 10.1. The Morgan fingerprint density at radius 2 is 1.48 bits per heavy atom. The number of esters is 1. The number of carbonyl (C=O) groups is 4. The Balaban J connectivity index is 1.66. The second-order valence-electron chi connectivity index (χ2n) is 5.46. The SMILES string of the molecule is O=C(COC(=O)CCC(=O)c1ccc(Cl)cc1)NNC(=O)c1ccccc1. The van der Waals surface area contributed by atoms with Crippen molar-refractivity contribution in [2.45, 2.75) is 12.8 Å². The van der Waals surface area contributed by atoms with E-state index in [0.717, 1.165) is 0 Å². The maximum atomic E-state index is 11.9. The normalized spacial score (nSPS) is 9.96. The predicted octanol–water partition coefficient (Wildman–Crippen LogP) is 2.31. The minimum Gasteiger partial charge on any atom is -0.455 e. The molecule has 0 fully saturated rings. The fourth-order valence-corrected chi connectivity index (χ4v) is 2.16. The molecule has 140 valence electrons. The van der Waals surface area contributed by atoms with Crippen molar-refractivity contribution in [3.8, 4) is 0 Å². The summed E-state index contributed by atoms with van der Waals surface area (Å²) in [7, 11) is 0. The third kappa shape index (κ3) is 6.91. The zero-order valence-electron chi connectivity index (χ0n) is 14.2. The molecule has 0 aliphatic heterocycles.